The summed E-state index contributed by atoms with van der Waals surface area (Å²) in [6.07, 6.45) is 1.07. The van der Waals surface area contributed by atoms with Gasteiger partial charge in [0, 0.05) is 0 Å². The van der Waals surface area contributed by atoms with Gasteiger partial charge in [0.2, 0.25) is 0 Å². The molecule has 0 spiro atoms. The first-order chi connectivity index (χ1) is 14.3. The molecule has 0 N–H and O–H groups in total. The SMILES string of the molecule is CCc1ccc(C2CCc3c(cc(F)c(-c4ccc(F)c(F)c4)c3F)C2)c(F)c1F. The first kappa shape index (κ1) is 20.5. The third-order valence-corrected chi connectivity index (χ3v) is 5.84. The van der Waals surface area contributed by atoms with Gasteiger partial charge in [0.25, 0.3) is 0 Å². The molecule has 1 unspecified atom stereocenters. The van der Waals surface area contributed by atoms with Crippen LogP contribution in [0.25, 0.3) is 11.1 Å². The van der Waals surface area contributed by atoms with E-state index >= 15 is 4.39 Å². The lowest BCUT2D eigenvalue weighted by Gasteiger charge is -2.27. The van der Waals surface area contributed by atoms with E-state index in [1.807, 2.05) is 0 Å². The largest absolute Gasteiger partial charge is 0.206 e. The summed E-state index contributed by atoms with van der Waals surface area (Å²) in [4.78, 5) is 0. The van der Waals surface area contributed by atoms with E-state index in [0.717, 1.165) is 24.3 Å². The molecule has 3 aromatic rings. The molecule has 1 aliphatic carbocycles. The van der Waals surface area contributed by atoms with E-state index in [-0.39, 0.29) is 35.1 Å². The van der Waals surface area contributed by atoms with Crippen molar-refractivity contribution >= 4 is 0 Å². The Kier molecular flexibility index (Phi) is 5.35. The van der Waals surface area contributed by atoms with Crippen LogP contribution in [0.5, 0.6) is 0 Å². The lowest BCUT2D eigenvalue weighted by atomic mass is 9.78. The molecule has 0 amide bonds. The lowest BCUT2D eigenvalue weighted by Crippen LogP contribution is -2.17. The Labute approximate surface area is 170 Å². The summed E-state index contributed by atoms with van der Waals surface area (Å²) in [7, 11) is 0. The van der Waals surface area contributed by atoms with Crippen molar-refractivity contribution < 1.29 is 26.3 Å². The molecule has 4 rings (SSSR count). The zero-order valence-electron chi connectivity index (χ0n) is 16.1. The van der Waals surface area contributed by atoms with Gasteiger partial charge in [-0.3, -0.25) is 0 Å². The van der Waals surface area contributed by atoms with Crippen LogP contribution in [-0.2, 0) is 19.3 Å². The molecule has 0 bridgehead atoms. The molecule has 0 aliphatic heterocycles. The number of rotatable bonds is 3. The van der Waals surface area contributed by atoms with Crippen molar-refractivity contribution in [3.05, 3.63) is 93.6 Å². The number of hydrogen-bond donors (Lipinski definition) is 0. The Morgan fingerprint density at radius 2 is 1.57 bits per heavy atom. The van der Waals surface area contributed by atoms with Crippen LogP contribution in [0, 0.1) is 34.9 Å². The molecule has 0 heterocycles. The topological polar surface area (TPSA) is 0 Å². The summed E-state index contributed by atoms with van der Waals surface area (Å²) >= 11 is 0. The Bertz CT molecular complexity index is 1140. The summed E-state index contributed by atoms with van der Waals surface area (Å²) in [5, 5.41) is 0. The van der Waals surface area contributed by atoms with Gasteiger partial charge >= 0.3 is 0 Å². The Hall–Kier alpha value is -2.76. The van der Waals surface area contributed by atoms with Gasteiger partial charge in [0.05, 0.1) is 5.56 Å². The van der Waals surface area contributed by atoms with Crippen molar-refractivity contribution in [1.82, 2.24) is 0 Å². The van der Waals surface area contributed by atoms with Gasteiger partial charge in [0.1, 0.15) is 11.6 Å². The van der Waals surface area contributed by atoms with Crippen LogP contribution in [0.1, 0.15) is 41.5 Å². The minimum Gasteiger partial charge on any atom is -0.206 e. The second-order valence-corrected chi connectivity index (χ2v) is 7.55. The average molecular weight is 420 g/mol. The average Bonchev–Trinajstić information content (AvgIpc) is 2.72. The Balaban J connectivity index is 1.72. The molecule has 1 aliphatic rings. The van der Waals surface area contributed by atoms with Crippen molar-refractivity contribution in [2.45, 2.75) is 38.5 Å². The highest BCUT2D eigenvalue weighted by atomic mass is 19.2. The quantitative estimate of drug-likeness (QED) is 0.399. The van der Waals surface area contributed by atoms with Gasteiger partial charge in [-0.05, 0) is 77.6 Å². The molecule has 156 valence electrons. The van der Waals surface area contributed by atoms with Crippen LogP contribution >= 0.6 is 0 Å². The highest BCUT2D eigenvalue weighted by molar-refractivity contribution is 5.67. The first-order valence-corrected chi connectivity index (χ1v) is 9.73. The molecule has 1 atom stereocenters. The van der Waals surface area contributed by atoms with E-state index in [1.54, 1.807) is 6.92 Å². The molecule has 3 aromatic carbocycles. The van der Waals surface area contributed by atoms with Crippen LogP contribution in [0.4, 0.5) is 26.3 Å². The minimum atomic E-state index is -1.20. The summed E-state index contributed by atoms with van der Waals surface area (Å²) in [5.41, 5.74) is 0.583. The zero-order valence-corrected chi connectivity index (χ0v) is 16.1. The van der Waals surface area contributed by atoms with Crippen molar-refractivity contribution in [2.24, 2.45) is 0 Å². The maximum atomic E-state index is 15.1. The highest BCUT2D eigenvalue weighted by Gasteiger charge is 2.29. The van der Waals surface area contributed by atoms with Crippen molar-refractivity contribution in [3.63, 3.8) is 0 Å². The van der Waals surface area contributed by atoms with Crippen LogP contribution < -0.4 is 0 Å². The number of aryl methyl sites for hydroxylation is 1. The van der Waals surface area contributed by atoms with Gasteiger partial charge in [-0.25, -0.2) is 26.3 Å². The van der Waals surface area contributed by atoms with Crippen LogP contribution in [0.2, 0.25) is 0 Å². The van der Waals surface area contributed by atoms with Gasteiger partial charge in [-0.1, -0.05) is 25.1 Å². The maximum Gasteiger partial charge on any atom is 0.162 e. The summed E-state index contributed by atoms with van der Waals surface area (Å²) in [6, 6.07) is 6.91. The fourth-order valence-corrected chi connectivity index (χ4v) is 4.22. The lowest BCUT2D eigenvalue weighted by molar-refractivity contribution is 0.463. The van der Waals surface area contributed by atoms with E-state index < -0.39 is 46.4 Å². The van der Waals surface area contributed by atoms with Crippen LogP contribution in [0.15, 0.2) is 36.4 Å². The van der Waals surface area contributed by atoms with Crippen molar-refractivity contribution in [3.8, 4) is 11.1 Å². The van der Waals surface area contributed by atoms with Gasteiger partial charge in [-0.2, -0.15) is 0 Å². The second-order valence-electron chi connectivity index (χ2n) is 7.55. The molecule has 0 aromatic heterocycles. The molecular weight excluding hydrogens is 402 g/mol. The Morgan fingerprint density at radius 1 is 0.800 bits per heavy atom. The zero-order chi connectivity index (χ0) is 21.6. The van der Waals surface area contributed by atoms with Gasteiger partial charge in [0.15, 0.2) is 23.3 Å². The normalized spacial score (nSPS) is 15.9. The molecule has 0 saturated heterocycles. The van der Waals surface area contributed by atoms with E-state index in [4.69, 9.17) is 0 Å². The van der Waals surface area contributed by atoms with Gasteiger partial charge < -0.3 is 0 Å². The summed E-state index contributed by atoms with van der Waals surface area (Å²) in [5.74, 6) is -6.26. The molecule has 0 radical (unpaired) electrons. The third kappa shape index (κ3) is 3.38. The smallest absolute Gasteiger partial charge is 0.162 e. The predicted molar refractivity (Wildman–Crippen MR) is 102 cm³/mol. The number of hydrogen-bond acceptors (Lipinski definition) is 0. The third-order valence-electron chi connectivity index (χ3n) is 5.84. The standard InChI is InChI=1S/C24H18F6/c1-2-12-3-6-16(24(30)22(12)28)13-4-7-17-15(9-13)11-20(27)21(23(17)29)14-5-8-18(25)19(26)10-14/h3,5-6,8,10-11,13H,2,4,7,9H2,1H3. The van der Waals surface area contributed by atoms with Crippen molar-refractivity contribution in [2.75, 3.05) is 0 Å². The summed E-state index contributed by atoms with van der Waals surface area (Å²) in [6.45, 7) is 1.73. The highest BCUT2D eigenvalue weighted by Crippen LogP contribution is 2.39. The molecule has 0 nitrogen and oxygen atoms in total. The second kappa shape index (κ2) is 7.82. The molecule has 30 heavy (non-hydrogen) atoms. The first-order valence-electron chi connectivity index (χ1n) is 9.73. The summed E-state index contributed by atoms with van der Waals surface area (Å²) < 4.78 is 85.3. The van der Waals surface area contributed by atoms with E-state index in [9.17, 15) is 22.0 Å². The Morgan fingerprint density at radius 3 is 2.27 bits per heavy atom. The fourth-order valence-electron chi connectivity index (χ4n) is 4.22. The molecule has 0 saturated carbocycles. The predicted octanol–water partition coefficient (Wildman–Crippen LogP) is 7.02. The fraction of sp³-hybridized carbons (Fsp3) is 0.250. The number of fused-ring (bicyclic) bond motifs is 1. The minimum absolute atomic E-state index is 0.0999. The maximum absolute atomic E-state index is 15.1. The number of benzene rings is 3. The molecule has 0 fully saturated rings. The van der Waals surface area contributed by atoms with E-state index in [0.29, 0.717) is 18.4 Å². The van der Waals surface area contributed by atoms with E-state index in [2.05, 4.69) is 0 Å². The van der Waals surface area contributed by atoms with Crippen LogP contribution in [0.3, 0.4) is 0 Å². The monoisotopic (exact) mass is 420 g/mol. The van der Waals surface area contributed by atoms with Crippen molar-refractivity contribution in [1.29, 1.82) is 0 Å². The van der Waals surface area contributed by atoms with Gasteiger partial charge in [-0.15, -0.1) is 0 Å². The molecular formula is C24H18F6. The van der Waals surface area contributed by atoms with E-state index in [1.165, 1.54) is 12.1 Å². The number of halogens is 6. The van der Waals surface area contributed by atoms with Crippen LogP contribution in [-0.4, -0.2) is 0 Å². The molecule has 6 heteroatoms.